The summed E-state index contributed by atoms with van der Waals surface area (Å²) in [7, 11) is 0. The summed E-state index contributed by atoms with van der Waals surface area (Å²) >= 11 is 0. The van der Waals surface area contributed by atoms with Crippen LogP contribution in [0.15, 0.2) is 35.5 Å². The number of carbonyl (C=O) groups is 2. The minimum absolute atomic E-state index is 0.170. The molecule has 7 nitrogen and oxygen atoms in total. The van der Waals surface area contributed by atoms with Gasteiger partial charge in [0.1, 0.15) is 0 Å². The van der Waals surface area contributed by atoms with Gasteiger partial charge in [-0.1, -0.05) is 24.3 Å². The van der Waals surface area contributed by atoms with Gasteiger partial charge in [0, 0.05) is 31.9 Å². The van der Waals surface area contributed by atoms with Crippen LogP contribution in [-0.2, 0) is 9.53 Å². The first-order chi connectivity index (χ1) is 14.1. The summed E-state index contributed by atoms with van der Waals surface area (Å²) in [5, 5.41) is 6.44. The van der Waals surface area contributed by atoms with Crippen molar-refractivity contribution in [2.45, 2.75) is 33.2 Å². The highest BCUT2D eigenvalue weighted by Crippen LogP contribution is 2.33. The highest BCUT2D eigenvalue weighted by molar-refractivity contribution is 5.95. The predicted octanol–water partition coefficient (Wildman–Crippen LogP) is 2.19. The average molecular weight is 401 g/mol. The van der Waals surface area contributed by atoms with Crippen molar-refractivity contribution in [3.63, 3.8) is 0 Å². The van der Waals surface area contributed by atoms with Crippen LogP contribution in [0.2, 0.25) is 0 Å². The maximum atomic E-state index is 13.1. The van der Waals surface area contributed by atoms with E-state index in [1.165, 1.54) is 0 Å². The lowest BCUT2D eigenvalue weighted by Gasteiger charge is -2.38. The maximum absolute atomic E-state index is 13.1. The van der Waals surface area contributed by atoms with Gasteiger partial charge in [0.15, 0.2) is 0 Å². The second kappa shape index (κ2) is 9.89. The number of benzene rings is 1. The van der Waals surface area contributed by atoms with Crippen LogP contribution < -0.4 is 10.6 Å². The molecular weight excluding hydrogens is 368 g/mol. The first-order valence-corrected chi connectivity index (χ1v) is 10.5. The van der Waals surface area contributed by atoms with Crippen molar-refractivity contribution in [1.29, 1.82) is 0 Å². The topological polar surface area (TPSA) is 73.9 Å². The third-order valence-corrected chi connectivity index (χ3v) is 5.56. The van der Waals surface area contributed by atoms with Crippen LogP contribution >= 0.6 is 0 Å². The number of hydrogen-bond donors (Lipinski definition) is 2. The number of hydrogen-bond acceptors (Lipinski definition) is 5. The Bertz CT molecular complexity index is 769. The summed E-state index contributed by atoms with van der Waals surface area (Å²) in [5.74, 6) is -0.359. The van der Waals surface area contributed by atoms with Crippen molar-refractivity contribution in [2.24, 2.45) is 0 Å². The Morgan fingerprint density at radius 3 is 2.72 bits per heavy atom. The van der Waals surface area contributed by atoms with E-state index in [4.69, 9.17) is 4.74 Å². The van der Waals surface area contributed by atoms with Crippen molar-refractivity contribution < 1.29 is 14.3 Å². The Hall–Kier alpha value is -2.38. The number of ether oxygens (including phenoxy) is 1. The first kappa shape index (κ1) is 21.3. The minimum Gasteiger partial charge on any atom is -0.463 e. The summed E-state index contributed by atoms with van der Waals surface area (Å²) < 4.78 is 5.44. The fourth-order valence-corrected chi connectivity index (χ4v) is 4.07. The van der Waals surface area contributed by atoms with Gasteiger partial charge in [-0.15, -0.1) is 0 Å². The molecule has 0 bridgehead atoms. The Morgan fingerprint density at radius 1 is 1.21 bits per heavy atom. The number of carbonyl (C=O) groups excluding carboxylic acids is 2. The molecule has 0 saturated carbocycles. The Labute approximate surface area is 173 Å². The highest BCUT2D eigenvalue weighted by Gasteiger charge is 2.38. The second-order valence-electron chi connectivity index (χ2n) is 7.44. The normalized spacial score (nSPS) is 21.0. The first-order valence-electron chi connectivity index (χ1n) is 10.5. The molecule has 1 atom stereocenters. The smallest absolute Gasteiger partial charge is 0.338 e. The predicted molar refractivity (Wildman–Crippen MR) is 112 cm³/mol. The zero-order valence-electron chi connectivity index (χ0n) is 17.7. The van der Waals surface area contributed by atoms with E-state index in [2.05, 4.69) is 15.5 Å². The number of nitrogens with zero attached hydrogens (tertiary/aromatic N) is 2. The van der Waals surface area contributed by atoms with Crippen LogP contribution in [0.1, 0.15) is 37.4 Å². The minimum atomic E-state index is -0.509. The van der Waals surface area contributed by atoms with Crippen LogP contribution in [0.5, 0.6) is 0 Å². The molecule has 7 heteroatoms. The molecule has 1 saturated heterocycles. The zero-order chi connectivity index (χ0) is 20.8. The molecule has 2 aliphatic heterocycles. The standard InChI is InChI=1S/C22H32N4O3/c1-4-26-18(15-25-13-8-11-23-12-14-25)19(21(27)29-5-2)20(24-22(26)28)17-10-7-6-9-16(17)3/h6-7,9-10,20,23H,4-5,8,11-15H2,1-3H3,(H,24,28). The molecule has 2 heterocycles. The zero-order valence-corrected chi connectivity index (χ0v) is 17.7. The van der Waals surface area contributed by atoms with Crippen molar-refractivity contribution in [1.82, 2.24) is 20.4 Å². The third-order valence-electron chi connectivity index (χ3n) is 5.56. The number of amides is 2. The van der Waals surface area contributed by atoms with Crippen molar-refractivity contribution in [3.8, 4) is 0 Å². The molecule has 2 N–H and O–H groups in total. The molecular formula is C22H32N4O3. The fourth-order valence-electron chi connectivity index (χ4n) is 4.07. The highest BCUT2D eigenvalue weighted by atomic mass is 16.5. The summed E-state index contributed by atoms with van der Waals surface area (Å²) in [6, 6.07) is 7.18. The number of rotatable bonds is 6. The van der Waals surface area contributed by atoms with E-state index in [-0.39, 0.29) is 12.0 Å². The molecule has 158 valence electrons. The van der Waals surface area contributed by atoms with Gasteiger partial charge in [-0.3, -0.25) is 9.80 Å². The van der Waals surface area contributed by atoms with Gasteiger partial charge >= 0.3 is 12.0 Å². The van der Waals surface area contributed by atoms with Gasteiger partial charge in [-0.25, -0.2) is 9.59 Å². The fraction of sp³-hybridized carbons (Fsp3) is 0.545. The van der Waals surface area contributed by atoms with Crippen LogP contribution in [-0.4, -0.2) is 67.7 Å². The van der Waals surface area contributed by atoms with Crippen molar-refractivity contribution >= 4 is 12.0 Å². The molecule has 1 unspecified atom stereocenters. The van der Waals surface area contributed by atoms with Gasteiger partial charge in [0.05, 0.1) is 18.2 Å². The van der Waals surface area contributed by atoms with Gasteiger partial charge < -0.3 is 15.4 Å². The maximum Gasteiger partial charge on any atom is 0.338 e. The van der Waals surface area contributed by atoms with Crippen molar-refractivity contribution in [3.05, 3.63) is 46.7 Å². The lowest BCUT2D eigenvalue weighted by Crippen LogP contribution is -2.51. The van der Waals surface area contributed by atoms with E-state index in [9.17, 15) is 9.59 Å². The molecule has 0 aromatic heterocycles. The number of nitrogens with one attached hydrogen (secondary N) is 2. The molecule has 0 spiro atoms. The Morgan fingerprint density at radius 2 is 2.00 bits per heavy atom. The van der Waals surface area contributed by atoms with E-state index in [1.807, 2.05) is 38.1 Å². The number of aryl methyl sites for hydroxylation is 1. The van der Waals surface area contributed by atoms with Gasteiger partial charge in [0.25, 0.3) is 0 Å². The van der Waals surface area contributed by atoms with E-state index >= 15 is 0 Å². The van der Waals surface area contributed by atoms with Crippen LogP contribution in [0.4, 0.5) is 4.79 Å². The van der Waals surface area contributed by atoms with E-state index < -0.39 is 6.04 Å². The second-order valence-corrected chi connectivity index (χ2v) is 7.44. The lowest BCUT2D eigenvalue weighted by molar-refractivity contribution is -0.139. The Balaban J connectivity index is 2.08. The largest absolute Gasteiger partial charge is 0.463 e. The van der Waals surface area contributed by atoms with Crippen LogP contribution in [0, 0.1) is 6.92 Å². The molecule has 3 rings (SSSR count). The molecule has 1 fully saturated rings. The number of esters is 1. The van der Waals surface area contributed by atoms with Crippen LogP contribution in [0.25, 0.3) is 0 Å². The molecule has 1 aromatic carbocycles. The molecule has 0 radical (unpaired) electrons. The summed E-state index contributed by atoms with van der Waals surface area (Å²) in [5.41, 5.74) is 3.25. The molecule has 0 aliphatic carbocycles. The Kier molecular flexibility index (Phi) is 7.28. The lowest BCUT2D eigenvalue weighted by atomic mass is 9.91. The average Bonchev–Trinajstić information content (AvgIpc) is 2.97. The van der Waals surface area contributed by atoms with E-state index in [1.54, 1.807) is 11.8 Å². The number of urea groups is 1. The molecule has 2 aliphatic rings. The molecule has 2 amide bonds. The quantitative estimate of drug-likeness (QED) is 0.716. The molecule has 1 aromatic rings. The summed E-state index contributed by atoms with van der Waals surface area (Å²) in [6.07, 6.45) is 1.04. The van der Waals surface area contributed by atoms with Gasteiger partial charge in [-0.2, -0.15) is 0 Å². The van der Waals surface area contributed by atoms with Crippen LogP contribution in [0.3, 0.4) is 0 Å². The third kappa shape index (κ3) is 4.79. The van der Waals surface area contributed by atoms with Gasteiger partial charge in [-0.05, 0) is 51.4 Å². The van der Waals surface area contributed by atoms with E-state index in [0.29, 0.717) is 25.3 Å². The molecule has 29 heavy (non-hydrogen) atoms. The SMILES string of the molecule is CCOC(=O)C1=C(CN2CCCNCC2)N(CC)C(=O)NC1c1ccccc1C. The van der Waals surface area contributed by atoms with E-state index in [0.717, 1.165) is 49.4 Å². The summed E-state index contributed by atoms with van der Waals surface area (Å²) in [4.78, 5) is 30.0. The van der Waals surface area contributed by atoms with Crippen molar-refractivity contribution in [2.75, 3.05) is 45.9 Å². The number of likely N-dealkylation sites (N-methyl/N-ethyl adjacent to an activating group) is 1. The summed E-state index contributed by atoms with van der Waals surface area (Å²) in [6.45, 7) is 10.8. The monoisotopic (exact) mass is 400 g/mol. The van der Waals surface area contributed by atoms with Gasteiger partial charge in [0.2, 0.25) is 0 Å².